The van der Waals surface area contributed by atoms with Crippen LogP contribution in [-0.4, -0.2) is 28.6 Å². The third-order valence-electron chi connectivity index (χ3n) is 6.51. The summed E-state index contributed by atoms with van der Waals surface area (Å²) < 4.78 is 8.31. The van der Waals surface area contributed by atoms with Crippen LogP contribution in [0.25, 0.3) is 11.0 Å². The van der Waals surface area contributed by atoms with E-state index in [4.69, 9.17) is 21.3 Å². The van der Waals surface area contributed by atoms with Gasteiger partial charge in [0.2, 0.25) is 5.91 Å². The van der Waals surface area contributed by atoms with Crippen LogP contribution in [0.2, 0.25) is 5.02 Å². The molecule has 0 N–H and O–H groups in total. The van der Waals surface area contributed by atoms with Gasteiger partial charge in [0.15, 0.2) is 0 Å². The number of nitrogens with zero attached hydrogens (tertiary/aromatic N) is 3. The molecule has 0 bridgehead atoms. The number of anilines is 1. The highest BCUT2D eigenvalue weighted by Gasteiger charge is 2.34. The molecule has 1 aliphatic rings. The number of benzene rings is 3. The second-order valence-electron chi connectivity index (χ2n) is 9.07. The van der Waals surface area contributed by atoms with E-state index >= 15 is 0 Å². The average Bonchev–Trinajstić information content (AvgIpc) is 3.38. The third-order valence-corrected chi connectivity index (χ3v) is 7.11. The first-order chi connectivity index (χ1) is 16.4. The minimum atomic E-state index is 0.0289. The second kappa shape index (κ2) is 9.15. The highest BCUT2D eigenvalue weighted by molar-refractivity contribution is 6.32. The third kappa shape index (κ3) is 4.28. The zero-order valence-corrected chi connectivity index (χ0v) is 20.5. The van der Waals surface area contributed by atoms with Gasteiger partial charge >= 0.3 is 0 Å². The molecule has 1 amide bonds. The van der Waals surface area contributed by atoms with Crippen LogP contribution < -0.4 is 9.64 Å². The van der Waals surface area contributed by atoms with E-state index in [1.807, 2.05) is 73.3 Å². The van der Waals surface area contributed by atoms with E-state index in [0.29, 0.717) is 26.1 Å². The number of fused-ring (bicyclic) bond motifs is 1. The number of halogens is 1. The maximum Gasteiger partial charge on any atom is 0.227 e. The summed E-state index contributed by atoms with van der Waals surface area (Å²) in [6.07, 6.45) is 0.452. The number of hydrogen-bond donors (Lipinski definition) is 0. The fraction of sp³-hybridized carbons (Fsp3) is 0.286. The zero-order chi connectivity index (χ0) is 23.8. The maximum absolute atomic E-state index is 12.9. The van der Waals surface area contributed by atoms with Crippen molar-refractivity contribution < 1.29 is 9.53 Å². The fourth-order valence-electron chi connectivity index (χ4n) is 4.74. The van der Waals surface area contributed by atoms with Gasteiger partial charge in [0.1, 0.15) is 18.2 Å². The molecular weight excluding hydrogens is 446 g/mol. The quantitative estimate of drug-likeness (QED) is 0.334. The summed E-state index contributed by atoms with van der Waals surface area (Å²) in [4.78, 5) is 19.7. The highest BCUT2D eigenvalue weighted by Crippen LogP contribution is 2.33. The van der Waals surface area contributed by atoms with Crippen molar-refractivity contribution in [3.05, 3.63) is 88.2 Å². The van der Waals surface area contributed by atoms with Crippen LogP contribution in [0.15, 0.2) is 60.7 Å². The minimum absolute atomic E-state index is 0.0289. The van der Waals surface area contributed by atoms with E-state index in [-0.39, 0.29) is 11.8 Å². The Morgan fingerprint density at radius 2 is 1.74 bits per heavy atom. The lowest BCUT2D eigenvalue weighted by Crippen LogP contribution is -2.24. The number of aromatic nitrogens is 2. The number of imidazole rings is 1. The zero-order valence-electron chi connectivity index (χ0n) is 19.7. The van der Waals surface area contributed by atoms with Gasteiger partial charge in [-0.2, -0.15) is 0 Å². The number of carbonyl (C=O) groups is 1. The summed E-state index contributed by atoms with van der Waals surface area (Å²) >= 11 is 6.30. The normalized spacial score (nSPS) is 15.9. The Balaban J connectivity index is 1.39. The van der Waals surface area contributed by atoms with E-state index in [0.717, 1.165) is 44.4 Å². The number of amides is 1. The molecule has 174 valence electrons. The van der Waals surface area contributed by atoms with Crippen molar-refractivity contribution in [2.45, 2.75) is 39.7 Å². The van der Waals surface area contributed by atoms with Gasteiger partial charge in [0, 0.05) is 29.6 Å². The van der Waals surface area contributed by atoms with E-state index in [9.17, 15) is 4.79 Å². The van der Waals surface area contributed by atoms with Crippen LogP contribution >= 0.6 is 11.6 Å². The highest BCUT2D eigenvalue weighted by atomic mass is 35.5. The Hall–Kier alpha value is -3.31. The molecule has 2 heterocycles. The summed E-state index contributed by atoms with van der Waals surface area (Å²) in [5.74, 6) is 1.92. The Morgan fingerprint density at radius 1 is 1.03 bits per heavy atom. The van der Waals surface area contributed by atoms with Crippen LogP contribution in [0.5, 0.6) is 5.75 Å². The molecule has 6 heteroatoms. The van der Waals surface area contributed by atoms with Gasteiger partial charge in [0.25, 0.3) is 0 Å². The van der Waals surface area contributed by atoms with Crippen molar-refractivity contribution in [3.8, 4) is 5.75 Å². The van der Waals surface area contributed by atoms with Crippen molar-refractivity contribution in [2.24, 2.45) is 0 Å². The first kappa shape index (κ1) is 22.5. The second-order valence-corrected chi connectivity index (χ2v) is 9.45. The molecule has 0 saturated carbocycles. The molecule has 3 aromatic carbocycles. The molecule has 4 aromatic rings. The molecule has 34 heavy (non-hydrogen) atoms. The van der Waals surface area contributed by atoms with Crippen LogP contribution in [0.1, 0.15) is 34.9 Å². The van der Waals surface area contributed by atoms with Crippen LogP contribution in [0.4, 0.5) is 5.69 Å². The van der Waals surface area contributed by atoms with Gasteiger partial charge < -0.3 is 14.2 Å². The fourth-order valence-corrected chi connectivity index (χ4v) is 4.85. The van der Waals surface area contributed by atoms with E-state index < -0.39 is 0 Å². The summed E-state index contributed by atoms with van der Waals surface area (Å²) in [6, 6.07) is 20.2. The Labute approximate surface area is 204 Å². The van der Waals surface area contributed by atoms with Crippen molar-refractivity contribution >= 4 is 34.2 Å². The molecule has 0 aliphatic carbocycles. The molecular formula is C28H28ClN3O2. The van der Waals surface area contributed by atoms with Crippen LogP contribution in [-0.2, 0) is 11.3 Å². The van der Waals surface area contributed by atoms with Gasteiger partial charge in [0.05, 0.1) is 17.6 Å². The standard InChI is InChI=1S/C28H28ClN3O2/c1-18-8-10-22(11-9-18)32-17-21(16-26(32)33)28-30-24-6-4-5-7-25(24)31(28)12-13-34-23-14-19(2)27(29)20(3)15-23/h4-11,14-15,21H,12-13,16-17H2,1-3H3. The molecule has 1 fully saturated rings. The Morgan fingerprint density at radius 3 is 2.47 bits per heavy atom. The molecule has 0 spiro atoms. The summed E-state index contributed by atoms with van der Waals surface area (Å²) in [5, 5.41) is 0.777. The van der Waals surface area contributed by atoms with E-state index in [1.165, 1.54) is 5.56 Å². The molecule has 5 rings (SSSR count). The SMILES string of the molecule is Cc1ccc(N2CC(c3nc4ccccc4n3CCOc3cc(C)c(Cl)c(C)c3)CC2=O)cc1. The molecule has 1 atom stereocenters. The molecule has 1 unspecified atom stereocenters. The summed E-state index contributed by atoms with van der Waals surface area (Å²) in [5.41, 5.74) is 6.14. The first-order valence-electron chi connectivity index (χ1n) is 11.6. The van der Waals surface area contributed by atoms with Crippen molar-refractivity contribution in [1.29, 1.82) is 0 Å². The summed E-state index contributed by atoms with van der Waals surface area (Å²) in [6.45, 7) is 7.79. The lowest BCUT2D eigenvalue weighted by Gasteiger charge is -2.18. The molecule has 1 aliphatic heterocycles. The Bertz CT molecular complexity index is 1340. The first-order valence-corrected chi connectivity index (χ1v) is 12.0. The van der Waals surface area contributed by atoms with E-state index in [2.05, 4.69) is 17.6 Å². The minimum Gasteiger partial charge on any atom is -0.492 e. The predicted octanol–water partition coefficient (Wildman–Crippen LogP) is 6.21. The predicted molar refractivity (Wildman–Crippen MR) is 137 cm³/mol. The molecule has 1 saturated heterocycles. The number of para-hydroxylation sites is 2. The molecule has 5 nitrogen and oxygen atoms in total. The smallest absolute Gasteiger partial charge is 0.227 e. The van der Waals surface area contributed by atoms with Crippen LogP contribution in [0, 0.1) is 20.8 Å². The van der Waals surface area contributed by atoms with Crippen molar-refractivity contribution in [1.82, 2.24) is 9.55 Å². The average molecular weight is 474 g/mol. The largest absolute Gasteiger partial charge is 0.492 e. The monoisotopic (exact) mass is 473 g/mol. The van der Waals surface area contributed by atoms with Gasteiger partial charge in [-0.25, -0.2) is 4.98 Å². The number of aryl methyl sites for hydroxylation is 3. The molecule has 0 radical (unpaired) electrons. The number of carbonyl (C=O) groups excluding carboxylic acids is 1. The number of ether oxygens (including phenoxy) is 1. The van der Waals surface area contributed by atoms with Gasteiger partial charge in [-0.05, 0) is 68.3 Å². The number of hydrogen-bond acceptors (Lipinski definition) is 3. The maximum atomic E-state index is 12.9. The van der Waals surface area contributed by atoms with Crippen molar-refractivity contribution in [2.75, 3.05) is 18.1 Å². The van der Waals surface area contributed by atoms with Crippen LogP contribution in [0.3, 0.4) is 0 Å². The summed E-state index contributed by atoms with van der Waals surface area (Å²) in [7, 11) is 0. The topological polar surface area (TPSA) is 47.4 Å². The van der Waals surface area contributed by atoms with Crippen molar-refractivity contribution in [3.63, 3.8) is 0 Å². The molecule has 1 aromatic heterocycles. The Kier molecular flexibility index (Phi) is 6.05. The number of rotatable bonds is 6. The lowest BCUT2D eigenvalue weighted by molar-refractivity contribution is -0.117. The van der Waals surface area contributed by atoms with Gasteiger partial charge in [-0.3, -0.25) is 4.79 Å². The lowest BCUT2D eigenvalue weighted by atomic mass is 10.1. The van der Waals surface area contributed by atoms with Gasteiger partial charge in [-0.1, -0.05) is 41.4 Å². The van der Waals surface area contributed by atoms with Gasteiger partial charge in [-0.15, -0.1) is 0 Å². The van der Waals surface area contributed by atoms with E-state index in [1.54, 1.807) is 0 Å².